The first-order valence-electron chi connectivity index (χ1n) is 4.64. The number of allylic oxidation sites excluding steroid dienone is 1. The lowest BCUT2D eigenvalue weighted by Crippen LogP contribution is -2.06. The first kappa shape index (κ1) is 11.8. The summed E-state index contributed by atoms with van der Waals surface area (Å²) in [5.74, 6) is -0.434. The molecule has 0 aliphatic heterocycles. The highest BCUT2D eigenvalue weighted by molar-refractivity contribution is 5.93. The molecule has 0 atom stereocenters. The molecule has 0 radical (unpaired) electrons. The molecule has 0 spiro atoms. The number of esters is 1. The Morgan fingerprint density at radius 1 is 1.56 bits per heavy atom. The van der Waals surface area contributed by atoms with Crippen LogP contribution in [-0.2, 0) is 4.74 Å². The zero-order valence-corrected chi connectivity index (χ0v) is 9.15. The van der Waals surface area contributed by atoms with Gasteiger partial charge in [-0.15, -0.1) is 0 Å². The van der Waals surface area contributed by atoms with Crippen LogP contribution in [0, 0.1) is 18.3 Å². The van der Waals surface area contributed by atoms with Gasteiger partial charge in [0.1, 0.15) is 0 Å². The lowest BCUT2D eigenvalue weighted by atomic mass is 10.0. The van der Waals surface area contributed by atoms with E-state index in [4.69, 9.17) is 11.0 Å². The number of anilines is 1. The van der Waals surface area contributed by atoms with Crippen molar-refractivity contribution in [1.82, 2.24) is 0 Å². The molecule has 0 amide bonds. The molecular weight excluding hydrogens is 204 g/mol. The van der Waals surface area contributed by atoms with Crippen molar-refractivity contribution in [3.8, 4) is 6.07 Å². The molecule has 16 heavy (non-hydrogen) atoms. The summed E-state index contributed by atoms with van der Waals surface area (Å²) in [5, 5.41) is 8.42. The number of nitrogens with zero attached hydrogens (tertiary/aromatic N) is 1. The maximum Gasteiger partial charge on any atom is 0.338 e. The van der Waals surface area contributed by atoms with Gasteiger partial charge in [0.05, 0.1) is 18.7 Å². The topological polar surface area (TPSA) is 76.1 Å². The minimum Gasteiger partial charge on any atom is -0.465 e. The molecule has 0 unspecified atom stereocenters. The molecule has 1 rings (SSSR count). The van der Waals surface area contributed by atoms with E-state index in [2.05, 4.69) is 4.74 Å². The van der Waals surface area contributed by atoms with E-state index in [1.807, 2.05) is 6.07 Å². The summed E-state index contributed by atoms with van der Waals surface area (Å²) in [6, 6.07) is 5.22. The zero-order chi connectivity index (χ0) is 12.1. The van der Waals surface area contributed by atoms with Gasteiger partial charge in [0.25, 0.3) is 0 Å². The van der Waals surface area contributed by atoms with Crippen LogP contribution in [0.3, 0.4) is 0 Å². The summed E-state index contributed by atoms with van der Waals surface area (Å²) in [6.45, 7) is 1.75. The molecule has 82 valence electrons. The van der Waals surface area contributed by atoms with Crippen molar-refractivity contribution >= 4 is 17.7 Å². The molecule has 0 saturated heterocycles. The molecule has 0 fully saturated rings. The largest absolute Gasteiger partial charge is 0.465 e. The Morgan fingerprint density at radius 2 is 2.25 bits per heavy atom. The number of benzene rings is 1. The first-order valence-corrected chi connectivity index (χ1v) is 4.64. The van der Waals surface area contributed by atoms with E-state index in [0.717, 1.165) is 0 Å². The molecule has 0 aromatic heterocycles. The molecule has 0 heterocycles. The highest BCUT2D eigenvalue weighted by Crippen LogP contribution is 2.20. The number of carbonyl (C=O) groups is 1. The zero-order valence-electron chi connectivity index (χ0n) is 9.15. The molecule has 1 aromatic carbocycles. The average molecular weight is 216 g/mol. The molecule has 2 N–H and O–H groups in total. The van der Waals surface area contributed by atoms with Crippen molar-refractivity contribution in [2.75, 3.05) is 12.8 Å². The van der Waals surface area contributed by atoms with Crippen molar-refractivity contribution in [2.24, 2.45) is 0 Å². The predicted molar refractivity (Wildman–Crippen MR) is 61.6 cm³/mol. The Labute approximate surface area is 93.9 Å². The highest BCUT2D eigenvalue weighted by atomic mass is 16.5. The van der Waals surface area contributed by atoms with Gasteiger partial charge < -0.3 is 10.5 Å². The van der Waals surface area contributed by atoms with Gasteiger partial charge in [0, 0.05) is 11.8 Å². The molecule has 0 aliphatic carbocycles. The summed E-state index contributed by atoms with van der Waals surface area (Å²) >= 11 is 0. The monoisotopic (exact) mass is 216 g/mol. The SMILES string of the molecule is COC(=O)c1cc(C=CC#N)cc(N)c1C. The smallest absolute Gasteiger partial charge is 0.338 e. The molecule has 0 bridgehead atoms. The van der Waals surface area contributed by atoms with Gasteiger partial charge in [0.2, 0.25) is 0 Å². The van der Waals surface area contributed by atoms with Gasteiger partial charge in [-0.2, -0.15) is 5.26 Å². The molecule has 4 heteroatoms. The maximum atomic E-state index is 11.4. The van der Waals surface area contributed by atoms with E-state index in [0.29, 0.717) is 22.4 Å². The maximum absolute atomic E-state index is 11.4. The molecular formula is C12H12N2O2. The van der Waals surface area contributed by atoms with E-state index in [9.17, 15) is 4.79 Å². The second-order valence-electron chi connectivity index (χ2n) is 3.24. The second-order valence-corrected chi connectivity index (χ2v) is 3.24. The van der Waals surface area contributed by atoms with Crippen LogP contribution >= 0.6 is 0 Å². The van der Waals surface area contributed by atoms with E-state index >= 15 is 0 Å². The summed E-state index contributed by atoms with van der Waals surface area (Å²) in [5.41, 5.74) is 8.06. The predicted octanol–water partition coefficient (Wildman–Crippen LogP) is 1.90. The van der Waals surface area contributed by atoms with Crippen LogP contribution in [0.4, 0.5) is 5.69 Å². The van der Waals surface area contributed by atoms with Crippen LogP contribution in [0.2, 0.25) is 0 Å². The Kier molecular flexibility index (Phi) is 3.67. The lowest BCUT2D eigenvalue weighted by molar-refractivity contribution is 0.0600. The van der Waals surface area contributed by atoms with Crippen LogP contribution in [0.15, 0.2) is 18.2 Å². The average Bonchev–Trinajstić information content (AvgIpc) is 2.29. The van der Waals surface area contributed by atoms with Crippen LogP contribution in [0.1, 0.15) is 21.5 Å². The van der Waals surface area contributed by atoms with E-state index < -0.39 is 5.97 Å². The minimum atomic E-state index is -0.434. The normalized spacial score (nSPS) is 10.1. The summed E-state index contributed by atoms with van der Waals surface area (Å²) in [4.78, 5) is 11.4. The van der Waals surface area contributed by atoms with E-state index in [1.165, 1.54) is 13.2 Å². The number of nitriles is 1. The van der Waals surface area contributed by atoms with E-state index in [-0.39, 0.29) is 0 Å². The highest BCUT2D eigenvalue weighted by Gasteiger charge is 2.11. The molecule has 0 aliphatic rings. The number of rotatable bonds is 2. The van der Waals surface area contributed by atoms with Crippen LogP contribution in [-0.4, -0.2) is 13.1 Å². The second kappa shape index (κ2) is 4.99. The third-order valence-electron chi connectivity index (χ3n) is 2.23. The summed E-state index contributed by atoms with van der Waals surface area (Å²) in [7, 11) is 1.32. The quantitative estimate of drug-likeness (QED) is 0.465. The van der Waals surface area contributed by atoms with Gasteiger partial charge in [-0.1, -0.05) is 0 Å². The van der Waals surface area contributed by atoms with Crippen molar-refractivity contribution in [1.29, 1.82) is 5.26 Å². The van der Waals surface area contributed by atoms with Gasteiger partial charge in [-0.05, 0) is 36.3 Å². The van der Waals surface area contributed by atoms with Gasteiger partial charge in [0.15, 0.2) is 0 Å². The Balaban J connectivity index is 3.28. The fraction of sp³-hybridized carbons (Fsp3) is 0.167. The first-order chi connectivity index (χ1) is 7.60. The molecule has 0 saturated carbocycles. The number of hydrogen-bond donors (Lipinski definition) is 1. The molecule has 4 nitrogen and oxygen atoms in total. The number of carbonyl (C=O) groups excluding carboxylic acids is 1. The van der Waals surface area contributed by atoms with Crippen molar-refractivity contribution in [3.05, 3.63) is 34.9 Å². The van der Waals surface area contributed by atoms with Crippen LogP contribution in [0.5, 0.6) is 0 Å². The van der Waals surface area contributed by atoms with Crippen LogP contribution < -0.4 is 5.73 Å². The third kappa shape index (κ3) is 2.39. The third-order valence-corrected chi connectivity index (χ3v) is 2.23. The number of hydrogen-bond acceptors (Lipinski definition) is 4. The summed E-state index contributed by atoms with van der Waals surface area (Å²) in [6.07, 6.45) is 2.91. The fourth-order valence-electron chi connectivity index (χ4n) is 1.31. The van der Waals surface area contributed by atoms with Gasteiger partial charge >= 0.3 is 5.97 Å². The number of nitrogen functional groups attached to an aromatic ring is 1. The van der Waals surface area contributed by atoms with Gasteiger partial charge in [-0.25, -0.2) is 4.79 Å². The van der Waals surface area contributed by atoms with Gasteiger partial charge in [-0.3, -0.25) is 0 Å². The minimum absolute atomic E-state index is 0.417. The standard InChI is InChI=1S/C12H12N2O2/c1-8-10(12(15)16-2)6-9(4-3-5-13)7-11(8)14/h3-4,6-7H,14H2,1-2H3. The number of methoxy groups -OCH3 is 1. The Morgan fingerprint density at radius 3 is 2.81 bits per heavy atom. The Bertz CT molecular complexity index is 485. The van der Waals surface area contributed by atoms with Crippen molar-refractivity contribution in [2.45, 2.75) is 6.92 Å². The number of ether oxygens (including phenoxy) is 1. The molecule has 1 aromatic rings. The Hall–Kier alpha value is -2.28. The van der Waals surface area contributed by atoms with Crippen LogP contribution in [0.25, 0.3) is 6.08 Å². The van der Waals surface area contributed by atoms with Crippen molar-refractivity contribution in [3.63, 3.8) is 0 Å². The number of nitrogens with two attached hydrogens (primary N) is 1. The summed E-state index contributed by atoms with van der Waals surface area (Å²) < 4.78 is 4.65. The van der Waals surface area contributed by atoms with Crippen molar-refractivity contribution < 1.29 is 9.53 Å². The fourth-order valence-corrected chi connectivity index (χ4v) is 1.31. The van der Waals surface area contributed by atoms with E-state index in [1.54, 1.807) is 25.1 Å². The lowest BCUT2D eigenvalue weighted by Gasteiger charge is -2.08.